The van der Waals surface area contributed by atoms with Gasteiger partial charge >= 0.3 is 0 Å². The molecule has 2 aromatic carbocycles. The zero-order chi connectivity index (χ0) is 14.2. The minimum absolute atomic E-state index is 0.962. The first-order valence-electron chi connectivity index (χ1n) is 7.03. The summed E-state index contributed by atoms with van der Waals surface area (Å²) in [5, 5.41) is 2.25. The molecule has 2 nitrogen and oxygen atoms in total. The molecule has 4 rings (SSSR count). The summed E-state index contributed by atoms with van der Waals surface area (Å²) >= 11 is 0. The van der Waals surface area contributed by atoms with Gasteiger partial charge in [-0.1, -0.05) is 54.1 Å². The summed E-state index contributed by atoms with van der Waals surface area (Å²) in [7, 11) is 0. The number of fused-ring (bicyclic) bond motifs is 3. The Hall–Kier alpha value is -2.74. The van der Waals surface area contributed by atoms with Crippen molar-refractivity contribution in [2.24, 2.45) is 0 Å². The maximum absolute atomic E-state index is 4.84. The van der Waals surface area contributed by atoms with E-state index < -0.39 is 0 Å². The fraction of sp³-hybridized carbons (Fsp3) is 0.0526. The molecule has 0 unspecified atom stereocenters. The molecule has 0 bridgehead atoms. The van der Waals surface area contributed by atoms with Gasteiger partial charge in [-0.2, -0.15) is 0 Å². The Morgan fingerprint density at radius 3 is 2.24 bits per heavy atom. The van der Waals surface area contributed by atoms with E-state index in [-0.39, 0.29) is 0 Å². The molecule has 4 aromatic rings. The van der Waals surface area contributed by atoms with E-state index in [9.17, 15) is 0 Å². The summed E-state index contributed by atoms with van der Waals surface area (Å²) in [6.45, 7) is 2.09. The van der Waals surface area contributed by atoms with Crippen LogP contribution < -0.4 is 0 Å². The number of hydrogen-bond donors (Lipinski definition) is 0. The van der Waals surface area contributed by atoms with Gasteiger partial charge in [-0.05, 0) is 19.1 Å². The molecule has 2 aromatic heterocycles. The van der Waals surface area contributed by atoms with E-state index in [0.29, 0.717) is 0 Å². The SMILES string of the molecule is Cc1ccc(-c2ccc3ccc4cccnc4c3n2)cc1. The summed E-state index contributed by atoms with van der Waals surface area (Å²) in [4.78, 5) is 9.34. The maximum Gasteiger partial charge on any atom is 0.0972 e. The monoisotopic (exact) mass is 270 g/mol. The Morgan fingerprint density at radius 1 is 0.714 bits per heavy atom. The van der Waals surface area contributed by atoms with Crippen LogP contribution in [0, 0.1) is 6.92 Å². The van der Waals surface area contributed by atoms with Crippen molar-refractivity contribution >= 4 is 21.8 Å². The number of benzene rings is 2. The van der Waals surface area contributed by atoms with Crippen LogP contribution in [-0.4, -0.2) is 9.97 Å². The fourth-order valence-electron chi connectivity index (χ4n) is 2.61. The third-order valence-electron chi connectivity index (χ3n) is 3.78. The van der Waals surface area contributed by atoms with E-state index in [1.54, 1.807) is 0 Å². The highest BCUT2D eigenvalue weighted by Gasteiger charge is 2.05. The predicted octanol–water partition coefficient (Wildman–Crippen LogP) is 4.76. The van der Waals surface area contributed by atoms with E-state index in [1.807, 2.05) is 12.3 Å². The average molecular weight is 270 g/mol. The Bertz CT molecular complexity index is 940. The van der Waals surface area contributed by atoms with Crippen LogP contribution in [-0.2, 0) is 0 Å². The lowest BCUT2D eigenvalue weighted by Crippen LogP contribution is -1.88. The van der Waals surface area contributed by atoms with Gasteiger partial charge in [0.15, 0.2) is 0 Å². The second-order valence-corrected chi connectivity index (χ2v) is 5.27. The number of rotatable bonds is 1. The van der Waals surface area contributed by atoms with Crippen LogP contribution in [0.5, 0.6) is 0 Å². The first-order valence-corrected chi connectivity index (χ1v) is 7.03. The van der Waals surface area contributed by atoms with Crippen LogP contribution in [0.3, 0.4) is 0 Å². The number of nitrogens with zero attached hydrogens (tertiary/aromatic N) is 2. The molecular weight excluding hydrogens is 256 g/mol. The highest BCUT2D eigenvalue weighted by molar-refractivity contribution is 6.03. The van der Waals surface area contributed by atoms with Crippen LogP contribution in [0.1, 0.15) is 5.56 Å². The van der Waals surface area contributed by atoms with Gasteiger partial charge in [0.1, 0.15) is 0 Å². The molecule has 0 aliphatic rings. The van der Waals surface area contributed by atoms with Crippen LogP contribution >= 0.6 is 0 Å². The van der Waals surface area contributed by atoms with Crippen molar-refractivity contribution < 1.29 is 0 Å². The van der Waals surface area contributed by atoms with Crippen molar-refractivity contribution in [2.75, 3.05) is 0 Å². The molecule has 0 aliphatic heterocycles. The van der Waals surface area contributed by atoms with Crippen LogP contribution in [0.25, 0.3) is 33.1 Å². The Morgan fingerprint density at radius 2 is 1.43 bits per heavy atom. The Kier molecular flexibility index (Phi) is 2.68. The molecule has 2 heterocycles. The zero-order valence-corrected chi connectivity index (χ0v) is 11.7. The van der Waals surface area contributed by atoms with Gasteiger partial charge in [-0.25, -0.2) is 4.98 Å². The molecule has 0 spiro atoms. The summed E-state index contributed by atoms with van der Waals surface area (Å²) in [6, 6.07) is 20.9. The van der Waals surface area contributed by atoms with Gasteiger partial charge in [0, 0.05) is 22.5 Å². The number of aromatic nitrogens is 2. The summed E-state index contributed by atoms with van der Waals surface area (Å²) in [5.41, 5.74) is 5.30. The first-order chi connectivity index (χ1) is 10.3. The highest BCUT2D eigenvalue weighted by Crippen LogP contribution is 2.25. The third-order valence-corrected chi connectivity index (χ3v) is 3.78. The predicted molar refractivity (Wildman–Crippen MR) is 87.2 cm³/mol. The molecule has 0 fully saturated rings. The van der Waals surface area contributed by atoms with Crippen molar-refractivity contribution in [1.29, 1.82) is 0 Å². The van der Waals surface area contributed by atoms with Crippen molar-refractivity contribution in [2.45, 2.75) is 6.92 Å². The van der Waals surface area contributed by atoms with Gasteiger partial charge < -0.3 is 0 Å². The molecular formula is C19H14N2. The highest BCUT2D eigenvalue weighted by atomic mass is 14.7. The number of pyridine rings is 2. The minimum atomic E-state index is 0.962. The Labute approximate surface area is 123 Å². The quantitative estimate of drug-likeness (QED) is 0.466. The Balaban J connectivity index is 2.00. The van der Waals surface area contributed by atoms with Crippen LogP contribution in [0.15, 0.2) is 66.9 Å². The van der Waals surface area contributed by atoms with E-state index >= 15 is 0 Å². The molecule has 0 atom stereocenters. The normalized spacial score (nSPS) is 11.1. The molecule has 2 heteroatoms. The van der Waals surface area contributed by atoms with Crippen LogP contribution in [0.4, 0.5) is 0 Å². The van der Waals surface area contributed by atoms with E-state index in [4.69, 9.17) is 4.98 Å². The molecule has 0 N–H and O–H groups in total. The van der Waals surface area contributed by atoms with E-state index in [0.717, 1.165) is 33.1 Å². The summed E-state index contributed by atoms with van der Waals surface area (Å²) in [6.07, 6.45) is 1.82. The number of hydrogen-bond acceptors (Lipinski definition) is 2. The molecule has 0 amide bonds. The van der Waals surface area contributed by atoms with Crippen molar-refractivity contribution in [1.82, 2.24) is 9.97 Å². The van der Waals surface area contributed by atoms with Gasteiger partial charge in [0.25, 0.3) is 0 Å². The smallest absolute Gasteiger partial charge is 0.0972 e. The number of aryl methyl sites for hydroxylation is 1. The van der Waals surface area contributed by atoms with Crippen molar-refractivity contribution in [3.63, 3.8) is 0 Å². The topological polar surface area (TPSA) is 25.8 Å². The van der Waals surface area contributed by atoms with Gasteiger partial charge in [0.05, 0.1) is 16.7 Å². The van der Waals surface area contributed by atoms with Crippen molar-refractivity contribution in [3.8, 4) is 11.3 Å². The fourth-order valence-corrected chi connectivity index (χ4v) is 2.61. The van der Waals surface area contributed by atoms with Gasteiger partial charge in [0.2, 0.25) is 0 Å². The lowest BCUT2D eigenvalue weighted by Gasteiger charge is -2.06. The largest absolute Gasteiger partial charge is 0.254 e. The maximum atomic E-state index is 4.84. The minimum Gasteiger partial charge on any atom is -0.254 e. The van der Waals surface area contributed by atoms with E-state index in [1.165, 1.54) is 5.56 Å². The molecule has 100 valence electrons. The molecule has 0 saturated heterocycles. The summed E-state index contributed by atoms with van der Waals surface area (Å²) in [5.74, 6) is 0. The second-order valence-electron chi connectivity index (χ2n) is 5.27. The third kappa shape index (κ3) is 2.05. The molecule has 0 radical (unpaired) electrons. The molecule has 0 saturated carbocycles. The van der Waals surface area contributed by atoms with Gasteiger partial charge in [-0.3, -0.25) is 4.98 Å². The zero-order valence-electron chi connectivity index (χ0n) is 11.7. The molecule has 0 aliphatic carbocycles. The summed E-state index contributed by atoms with van der Waals surface area (Å²) < 4.78 is 0. The lowest BCUT2D eigenvalue weighted by molar-refractivity contribution is 1.36. The van der Waals surface area contributed by atoms with E-state index in [2.05, 4.69) is 66.5 Å². The van der Waals surface area contributed by atoms with Gasteiger partial charge in [-0.15, -0.1) is 0 Å². The van der Waals surface area contributed by atoms with Crippen LogP contribution in [0.2, 0.25) is 0 Å². The standard InChI is InChI=1S/C19H14N2/c1-13-4-6-14(7-5-13)17-11-10-16-9-8-15-3-2-12-20-18(15)19(16)21-17/h2-12H,1H3. The lowest BCUT2D eigenvalue weighted by atomic mass is 10.1. The average Bonchev–Trinajstić information content (AvgIpc) is 2.55. The first kappa shape index (κ1) is 12.0. The second kappa shape index (κ2) is 4.67. The van der Waals surface area contributed by atoms with Crippen molar-refractivity contribution in [3.05, 3.63) is 72.4 Å². The molecule has 21 heavy (non-hydrogen) atoms.